The monoisotopic (exact) mass is 319 g/mol. The quantitative estimate of drug-likeness (QED) is 0.844. The SMILES string of the molecule is CN(C)c1cccc([C@H]2CN(C(=O)C3CCOCC3)CCO2)n1. The Kier molecular flexibility index (Phi) is 5.13. The van der Waals surface area contributed by atoms with Gasteiger partial charge in [-0.1, -0.05) is 6.07 Å². The van der Waals surface area contributed by atoms with Gasteiger partial charge in [0.25, 0.3) is 0 Å². The van der Waals surface area contributed by atoms with Gasteiger partial charge in [-0.2, -0.15) is 0 Å². The van der Waals surface area contributed by atoms with E-state index in [1.807, 2.05) is 42.1 Å². The van der Waals surface area contributed by atoms with Gasteiger partial charge in [-0.05, 0) is 25.0 Å². The lowest BCUT2D eigenvalue weighted by Gasteiger charge is -2.35. The number of anilines is 1. The van der Waals surface area contributed by atoms with Crippen LogP contribution in [-0.4, -0.2) is 62.8 Å². The fourth-order valence-electron chi connectivity index (χ4n) is 3.10. The fourth-order valence-corrected chi connectivity index (χ4v) is 3.10. The standard InChI is InChI=1S/C17H25N3O3/c1-19(2)16-5-3-4-14(18-16)15-12-20(8-11-23-15)17(21)13-6-9-22-10-7-13/h3-5,13,15H,6-12H2,1-2H3/t15-/m1/s1. The van der Waals surface area contributed by atoms with Gasteiger partial charge in [0.1, 0.15) is 11.9 Å². The maximum Gasteiger partial charge on any atom is 0.226 e. The smallest absolute Gasteiger partial charge is 0.226 e. The lowest BCUT2D eigenvalue weighted by Crippen LogP contribution is -2.46. The molecule has 0 bridgehead atoms. The summed E-state index contributed by atoms with van der Waals surface area (Å²) in [5.74, 6) is 1.24. The van der Waals surface area contributed by atoms with E-state index >= 15 is 0 Å². The van der Waals surface area contributed by atoms with Gasteiger partial charge in [-0.25, -0.2) is 4.98 Å². The van der Waals surface area contributed by atoms with Crippen LogP contribution >= 0.6 is 0 Å². The van der Waals surface area contributed by atoms with Crippen LogP contribution in [0, 0.1) is 5.92 Å². The van der Waals surface area contributed by atoms with Gasteiger partial charge < -0.3 is 19.3 Å². The third kappa shape index (κ3) is 3.82. The normalized spacial score (nSPS) is 22.9. The first-order chi connectivity index (χ1) is 11.1. The number of nitrogens with zero attached hydrogens (tertiary/aromatic N) is 3. The molecular weight excluding hydrogens is 294 g/mol. The van der Waals surface area contributed by atoms with Crippen LogP contribution in [0.15, 0.2) is 18.2 Å². The Morgan fingerprint density at radius 2 is 2.04 bits per heavy atom. The highest BCUT2D eigenvalue weighted by Gasteiger charge is 2.31. The fraction of sp³-hybridized carbons (Fsp3) is 0.647. The zero-order chi connectivity index (χ0) is 16.2. The topological polar surface area (TPSA) is 54.9 Å². The second-order valence-electron chi connectivity index (χ2n) is 6.35. The van der Waals surface area contributed by atoms with Crippen molar-refractivity contribution in [2.24, 2.45) is 5.92 Å². The molecule has 1 amide bonds. The molecule has 0 radical (unpaired) electrons. The summed E-state index contributed by atoms with van der Waals surface area (Å²) in [6.07, 6.45) is 1.51. The van der Waals surface area contributed by atoms with E-state index in [0.29, 0.717) is 32.9 Å². The Bertz CT molecular complexity index is 544. The summed E-state index contributed by atoms with van der Waals surface area (Å²) in [5, 5.41) is 0. The minimum absolute atomic E-state index is 0.101. The molecule has 0 unspecified atom stereocenters. The van der Waals surface area contributed by atoms with Crippen molar-refractivity contribution in [2.45, 2.75) is 18.9 Å². The molecule has 2 aliphatic rings. The molecule has 0 N–H and O–H groups in total. The molecule has 1 aromatic rings. The van der Waals surface area contributed by atoms with E-state index in [1.165, 1.54) is 0 Å². The summed E-state index contributed by atoms with van der Waals surface area (Å²) in [6.45, 7) is 3.20. The first kappa shape index (κ1) is 16.2. The summed E-state index contributed by atoms with van der Waals surface area (Å²) in [5.41, 5.74) is 0.890. The number of amides is 1. The average molecular weight is 319 g/mol. The van der Waals surface area contributed by atoms with Crippen molar-refractivity contribution in [3.63, 3.8) is 0 Å². The van der Waals surface area contributed by atoms with Crippen molar-refractivity contribution < 1.29 is 14.3 Å². The Balaban J connectivity index is 1.68. The Morgan fingerprint density at radius 1 is 1.26 bits per heavy atom. The predicted molar refractivity (Wildman–Crippen MR) is 87.4 cm³/mol. The molecule has 1 aromatic heterocycles. The van der Waals surface area contributed by atoms with Crippen molar-refractivity contribution >= 4 is 11.7 Å². The Labute approximate surface area is 137 Å². The highest BCUT2D eigenvalue weighted by Crippen LogP contribution is 2.25. The molecule has 3 heterocycles. The second kappa shape index (κ2) is 7.27. The van der Waals surface area contributed by atoms with E-state index < -0.39 is 0 Å². The third-order valence-electron chi connectivity index (χ3n) is 4.49. The summed E-state index contributed by atoms with van der Waals surface area (Å²) in [7, 11) is 3.93. The molecule has 2 saturated heterocycles. The van der Waals surface area contributed by atoms with Gasteiger partial charge in [0.15, 0.2) is 0 Å². The van der Waals surface area contributed by atoms with Crippen LogP contribution in [0.5, 0.6) is 0 Å². The van der Waals surface area contributed by atoms with Crippen molar-refractivity contribution in [3.05, 3.63) is 23.9 Å². The molecule has 0 aliphatic carbocycles. The largest absolute Gasteiger partial charge is 0.381 e. The molecule has 0 saturated carbocycles. The summed E-state index contributed by atoms with van der Waals surface area (Å²) >= 11 is 0. The van der Waals surface area contributed by atoms with Gasteiger partial charge in [0, 0.05) is 39.8 Å². The van der Waals surface area contributed by atoms with Crippen LogP contribution < -0.4 is 4.90 Å². The van der Waals surface area contributed by atoms with Gasteiger partial charge in [-0.3, -0.25) is 4.79 Å². The molecular formula is C17H25N3O3. The van der Waals surface area contributed by atoms with Crippen molar-refractivity contribution in [1.82, 2.24) is 9.88 Å². The van der Waals surface area contributed by atoms with Crippen LogP contribution in [0.3, 0.4) is 0 Å². The second-order valence-corrected chi connectivity index (χ2v) is 6.35. The van der Waals surface area contributed by atoms with Gasteiger partial charge in [0.2, 0.25) is 5.91 Å². The highest BCUT2D eigenvalue weighted by atomic mass is 16.5. The van der Waals surface area contributed by atoms with Crippen molar-refractivity contribution in [2.75, 3.05) is 51.9 Å². The van der Waals surface area contributed by atoms with Crippen LogP contribution in [0.1, 0.15) is 24.6 Å². The molecule has 2 fully saturated rings. The van der Waals surface area contributed by atoms with E-state index in [-0.39, 0.29) is 17.9 Å². The summed E-state index contributed by atoms with van der Waals surface area (Å²) in [4.78, 5) is 21.2. The first-order valence-electron chi connectivity index (χ1n) is 8.27. The molecule has 3 rings (SSSR count). The number of hydrogen-bond acceptors (Lipinski definition) is 5. The van der Waals surface area contributed by atoms with E-state index in [9.17, 15) is 4.79 Å². The third-order valence-corrected chi connectivity index (χ3v) is 4.49. The zero-order valence-corrected chi connectivity index (χ0v) is 13.9. The molecule has 6 heteroatoms. The van der Waals surface area contributed by atoms with Crippen molar-refractivity contribution in [1.29, 1.82) is 0 Å². The van der Waals surface area contributed by atoms with Crippen LogP contribution in [-0.2, 0) is 14.3 Å². The maximum atomic E-state index is 12.7. The highest BCUT2D eigenvalue weighted by molar-refractivity contribution is 5.79. The summed E-state index contributed by atoms with van der Waals surface area (Å²) < 4.78 is 11.2. The van der Waals surface area contributed by atoms with E-state index in [0.717, 1.165) is 24.4 Å². The number of hydrogen-bond donors (Lipinski definition) is 0. The van der Waals surface area contributed by atoms with Gasteiger partial charge in [0.05, 0.1) is 18.8 Å². The predicted octanol–water partition coefficient (Wildman–Crippen LogP) is 1.47. The number of carbonyl (C=O) groups is 1. The number of aromatic nitrogens is 1. The molecule has 6 nitrogen and oxygen atoms in total. The van der Waals surface area contributed by atoms with E-state index in [4.69, 9.17) is 9.47 Å². The number of ether oxygens (including phenoxy) is 2. The minimum atomic E-state index is -0.146. The van der Waals surface area contributed by atoms with Gasteiger partial charge >= 0.3 is 0 Å². The average Bonchev–Trinajstić information content (AvgIpc) is 2.62. The lowest BCUT2D eigenvalue weighted by molar-refractivity contribution is -0.146. The molecule has 1 atom stereocenters. The van der Waals surface area contributed by atoms with Gasteiger partial charge in [-0.15, -0.1) is 0 Å². The Hall–Kier alpha value is -1.66. The molecule has 2 aliphatic heterocycles. The van der Waals surface area contributed by atoms with E-state index in [1.54, 1.807) is 0 Å². The zero-order valence-electron chi connectivity index (χ0n) is 13.9. The minimum Gasteiger partial charge on any atom is -0.381 e. The van der Waals surface area contributed by atoms with Crippen molar-refractivity contribution in [3.8, 4) is 0 Å². The number of carbonyl (C=O) groups excluding carboxylic acids is 1. The van der Waals surface area contributed by atoms with E-state index in [2.05, 4.69) is 4.98 Å². The summed E-state index contributed by atoms with van der Waals surface area (Å²) in [6, 6.07) is 5.93. The lowest BCUT2D eigenvalue weighted by atomic mass is 9.98. The van der Waals surface area contributed by atoms with Crippen LogP contribution in [0.2, 0.25) is 0 Å². The number of morpholine rings is 1. The number of pyridine rings is 1. The van der Waals surface area contributed by atoms with Crippen LogP contribution in [0.25, 0.3) is 0 Å². The molecule has 126 valence electrons. The molecule has 0 aromatic carbocycles. The number of rotatable bonds is 3. The Morgan fingerprint density at radius 3 is 2.78 bits per heavy atom. The molecule has 23 heavy (non-hydrogen) atoms. The maximum absolute atomic E-state index is 12.7. The van der Waals surface area contributed by atoms with Crippen LogP contribution in [0.4, 0.5) is 5.82 Å². The molecule has 0 spiro atoms. The first-order valence-corrected chi connectivity index (χ1v) is 8.27.